The molecule has 4 aromatic heterocycles. The number of benzene rings is 2. The summed E-state index contributed by atoms with van der Waals surface area (Å²) in [5.74, 6) is -3.60. The number of hydrogen-bond donors (Lipinski definition) is 1. The van der Waals surface area contributed by atoms with Gasteiger partial charge in [-0.15, -0.1) is 0 Å². The molecule has 0 unspecified atom stereocenters. The lowest BCUT2D eigenvalue weighted by atomic mass is 10.1. The molecule has 1 aliphatic heterocycles. The fraction of sp³-hybridized carbons (Fsp3) is 0.235. The molecule has 53 heavy (non-hydrogen) atoms. The van der Waals surface area contributed by atoms with Crippen molar-refractivity contribution in [1.82, 2.24) is 29.1 Å². The van der Waals surface area contributed by atoms with E-state index in [1.807, 2.05) is 0 Å². The molecule has 7 rings (SSSR count). The number of halogens is 4. The molecule has 0 radical (unpaired) electrons. The van der Waals surface area contributed by atoms with Crippen LogP contribution in [-0.4, -0.2) is 55.4 Å². The second-order valence-electron chi connectivity index (χ2n) is 11.4. The lowest BCUT2D eigenvalue weighted by Crippen LogP contribution is -2.29. The van der Waals surface area contributed by atoms with E-state index in [0.29, 0.717) is 53.4 Å². The van der Waals surface area contributed by atoms with Gasteiger partial charge in [0.1, 0.15) is 35.0 Å². The zero-order chi connectivity index (χ0) is 37.6. The first-order valence-electron chi connectivity index (χ1n) is 15.7. The van der Waals surface area contributed by atoms with Crippen LogP contribution in [0.2, 0.25) is 0 Å². The van der Waals surface area contributed by atoms with Crippen molar-refractivity contribution in [3.63, 3.8) is 0 Å². The van der Waals surface area contributed by atoms with Crippen molar-refractivity contribution in [2.45, 2.75) is 24.0 Å². The zero-order valence-corrected chi connectivity index (χ0v) is 29.0. The summed E-state index contributed by atoms with van der Waals surface area (Å²) in [5.41, 5.74) is -0.291. The minimum absolute atomic E-state index is 0.103. The largest absolute Gasteiger partial charge is 0.448 e. The summed E-state index contributed by atoms with van der Waals surface area (Å²) in [5, 5.41) is 4.53. The van der Waals surface area contributed by atoms with E-state index >= 15 is 0 Å². The van der Waals surface area contributed by atoms with E-state index in [2.05, 4.69) is 34.5 Å². The molecule has 0 amide bonds. The Morgan fingerprint density at radius 3 is 1.81 bits per heavy atom. The molecule has 1 N–H and O–H groups in total. The Labute approximate surface area is 301 Å². The van der Waals surface area contributed by atoms with Gasteiger partial charge in [0.15, 0.2) is 34.6 Å². The molecule has 0 saturated carbocycles. The Bertz CT molecular complexity index is 2410. The summed E-state index contributed by atoms with van der Waals surface area (Å²) in [7, 11) is 4.36. The van der Waals surface area contributed by atoms with Gasteiger partial charge < -0.3 is 19.5 Å². The predicted octanol–water partition coefficient (Wildman–Crippen LogP) is 5.97. The number of rotatable bonds is 9. The summed E-state index contributed by atoms with van der Waals surface area (Å²) in [6.45, 7) is 1.37. The van der Waals surface area contributed by atoms with Crippen LogP contribution in [0, 0.1) is 23.3 Å². The topological polar surface area (TPSA) is 154 Å². The summed E-state index contributed by atoms with van der Waals surface area (Å²) in [6.07, 6.45) is 4.74. The zero-order valence-electron chi connectivity index (χ0n) is 28.1. The smallest absolute Gasteiger partial charge is 0.294 e. The van der Waals surface area contributed by atoms with Crippen LogP contribution in [0.4, 0.5) is 23.5 Å². The molecule has 276 valence electrons. The van der Waals surface area contributed by atoms with Gasteiger partial charge in [-0.3, -0.25) is 18.7 Å². The summed E-state index contributed by atoms with van der Waals surface area (Å²) >= 11 is 0.784. The number of ether oxygens (including phenoxy) is 3. The quantitative estimate of drug-likeness (QED) is 0.0607. The van der Waals surface area contributed by atoms with Gasteiger partial charge >= 0.3 is 0 Å². The van der Waals surface area contributed by atoms with Gasteiger partial charge in [-0.25, -0.2) is 37.4 Å². The van der Waals surface area contributed by atoms with Crippen molar-refractivity contribution >= 4 is 40.1 Å². The SMILES string of the molecule is COOSc1ncc2cc(Oc3ccc(F)cc3F)c(=O)n(C)c2n1.Cn1c(=O)c(Oc2ccc(F)cc2F)cc2cnc(NC3CCOCC3)nc21. The van der Waals surface area contributed by atoms with Crippen LogP contribution in [0.3, 0.4) is 0 Å². The number of hydrogen-bond acceptors (Lipinski definition) is 13. The maximum absolute atomic E-state index is 13.8. The van der Waals surface area contributed by atoms with Crippen molar-refractivity contribution in [2.75, 3.05) is 25.6 Å². The molecule has 1 aliphatic rings. The van der Waals surface area contributed by atoms with E-state index in [1.165, 1.54) is 41.6 Å². The first-order chi connectivity index (χ1) is 25.5. The van der Waals surface area contributed by atoms with Gasteiger partial charge in [0.25, 0.3) is 11.1 Å². The Morgan fingerprint density at radius 2 is 1.28 bits per heavy atom. The van der Waals surface area contributed by atoms with Crippen LogP contribution in [0.15, 0.2) is 75.7 Å². The summed E-state index contributed by atoms with van der Waals surface area (Å²) in [4.78, 5) is 46.4. The van der Waals surface area contributed by atoms with Crippen LogP contribution < -0.4 is 25.9 Å². The standard InChI is InChI=1S/C19H18F2N4O3.C15H11F2N3O4S/c1-25-17-11(10-22-19(24-17)23-13-4-6-27-7-5-13)8-16(18(25)26)28-15-3-2-12(20)9-14(15)21;1-20-13-8(7-18-15(19-13)25-24-22-2)5-12(14(20)21)23-11-4-3-9(16)6-10(11)17/h2-3,8-10,13H,4-7H2,1H3,(H,22,23,24);3-7H,1-2H3. The van der Waals surface area contributed by atoms with E-state index in [9.17, 15) is 27.2 Å². The first-order valence-corrected chi connectivity index (χ1v) is 16.5. The highest BCUT2D eigenvalue weighted by Crippen LogP contribution is 2.27. The molecule has 1 saturated heterocycles. The van der Waals surface area contributed by atoms with Gasteiger partial charge in [-0.05, 0) is 49.2 Å². The van der Waals surface area contributed by atoms with Crippen LogP contribution in [0.1, 0.15) is 12.8 Å². The maximum atomic E-state index is 13.8. The second-order valence-corrected chi connectivity index (χ2v) is 12.0. The van der Waals surface area contributed by atoms with Crippen molar-refractivity contribution in [1.29, 1.82) is 0 Å². The molecule has 19 heteroatoms. The third-order valence-corrected chi connectivity index (χ3v) is 8.32. The van der Waals surface area contributed by atoms with Crippen molar-refractivity contribution in [3.05, 3.63) is 105 Å². The number of aromatic nitrogens is 6. The average molecular weight is 756 g/mol. The predicted molar refractivity (Wildman–Crippen MR) is 184 cm³/mol. The molecule has 1 fully saturated rings. The Hall–Kier alpha value is -5.63. The number of fused-ring (bicyclic) bond motifs is 2. The molecule has 6 aromatic rings. The maximum Gasteiger partial charge on any atom is 0.294 e. The minimum Gasteiger partial charge on any atom is -0.448 e. The van der Waals surface area contributed by atoms with Crippen LogP contribution in [-0.2, 0) is 28.1 Å². The number of aryl methyl sites for hydroxylation is 2. The Kier molecular flexibility index (Phi) is 11.5. The van der Waals surface area contributed by atoms with E-state index in [-0.39, 0.29) is 34.2 Å². The molecule has 0 spiro atoms. The fourth-order valence-electron chi connectivity index (χ4n) is 5.12. The molecule has 2 aromatic carbocycles. The lowest BCUT2D eigenvalue weighted by Gasteiger charge is -2.23. The van der Waals surface area contributed by atoms with Gasteiger partial charge in [-0.1, -0.05) is 0 Å². The first kappa shape index (κ1) is 37.1. The lowest BCUT2D eigenvalue weighted by molar-refractivity contribution is -0.160. The highest BCUT2D eigenvalue weighted by molar-refractivity contribution is 7.94. The van der Waals surface area contributed by atoms with E-state index in [0.717, 1.165) is 49.1 Å². The Morgan fingerprint density at radius 1 is 0.755 bits per heavy atom. The van der Waals surface area contributed by atoms with E-state index in [4.69, 9.17) is 14.2 Å². The number of pyridine rings is 2. The van der Waals surface area contributed by atoms with E-state index in [1.54, 1.807) is 13.2 Å². The van der Waals surface area contributed by atoms with Crippen molar-refractivity contribution < 1.29 is 41.0 Å². The fourth-order valence-corrected chi connectivity index (χ4v) is 5.46. The van der Waals surface area contributed by atoms with Gasteiger partial charge in [0.2, 0.25) is 11.1 Å². The minimum atomic E-state index is -0.915. The molecular formula is C34H29F4N7O7S. The van der Waals surface area contributed by atoms with Crippen LogP contribution in [0.25, 0.3) is 22.1 Å². The number of nitrogens with zero attached hydrogens (tertiary/aromatic N) is 6. The monoisotopic (exact) mass is 755 g/mol. The van der Waals surface area contributed by atoms with Gasteiger partial charge in [0.05, 0.1) is 7.11 Å². The third-order valence-electron chi connectivity index (χ3n) is 7.77. The molecule has 0 aliphatic carbocycles. The molecular weight excluding hydrogens is 726 g/mol. The van der Waals surface area contributed by atoms with Gasteiger partial charge in [-0.2, -0.15) is 9.32 Å². The van der Waals surface area contributed by atoms with Crippen molar-refractivity contribution in [3.8, 4) is 23.0 Å². The normalized spacial score (nSPS) is 13.1. The average Bonchev–Trinajstić information content (AvgIpc) is 3.15. The number of nitrogens with one attached hydrogen (secondary N) is 1. The molecule has 14 nitrogen and oxygen atoms in total. The number of anilines is 1. The molecule has 0 bridgehead atoms. The van der Waals surface area contributed by atoms with Crippen LogP contribution >= 0.6 is 12.0 Å². The molecule has 5 heterocycles. The summed E-state index contributed by atoms with van der Waals surface area (Å²) < 4.78 is 76.8. The highest BCUT2D eigenvalue weighted by atomic mass is 32.2. The van der Waals surface area contributed by atoms with Gasteiger partial charge in [0, 0.05) is 68.6 Å². The van der Waals surface area contributed by atoms with Crippen LogP contribution in [0.5, 0.6) is 23.0 Å². The molecule has 0 atom stereocenters. The third kappa shape index (κ3) is 8.71. The Balaban J connectivity index is 0.000000183. The second kappa shape index (κ2) is 16.4. The van der Waals surface area contributed by atoms with Crippen molar-refractivity contribution in [2.24, 2.45) is 14.1 Å². The van der Waals surface area contributed by atoms with E-state index < -0.39 is 34.4 Å². The highest BCUT2D eigenvalue weighted by Gasteiger charge is 2.18. The summed E-state index contributed by atoms with van der Waals surface area (Å²) in [6, 6.07) is 8.73.